The quantitative estimate of drug-likeness (QED) is 0.604. The minimum Gasteiger partial charge on any atom is -0.260 e. The fraction of sp³-hybridized carbons (Fsp3) is 0.273. The standard InChI is InChI=1S/C22H23N2/c1-14-8-9-20(24(5)13-14)17-12-19-18(11-15(17)2)16-7-6-10-23-21(16)22(19,3)4/h6-13H,1-5H3/q+1. The topological polar surface area (TPSA) is 16.8 Å². The van der Waals surface area contributed by atoms with E-state index in [2.05, 4.69) is 80.8 Å². The molecule has 120 valence electrons. The molecule has 1 aliphatic carbocycles. The van der Waals surface area contributed by atoms with Crippen LogP contribution in [-0.2, 0) is 12.5 Å². The van der Waals surface area contributed by atoms with Gasteiger partial charge in [-0.2, -0.15) is 0 Å². The first kappa shape index (κ1) is 15.1. The number of rotatable bonds is 1. The van der Waals surface area contributed by atoms with Crippen LogP contribution in [0.3, 0.4) is 0 Å². The smallest absolute Gasteiger partial charge is 0.212 e. The maximum atomic E-state index is 4.68. The number of aryl methyl sites for hydroxylation is 3. The van der Waals surface area contributed by atoms with Crippen molar-refractivity contribution in [2.24, 2.45) is 7.05 Å². The van der Waals surface area contributed by atoms with Crippen LogP contribution in [0.2, 0.25) is 0 Å². The third-order valence-electron chi connectivity index (χ3n) is 5.29. The van der Waals surface area contributed by atoms with Gasteiger partial charge in [-0.25, -0.2) is 4.57 Å². The molecule has 2 heterocycles. The van der Waals surface area contributed by atoms with Crippen molar-refractivity contribution < 1.29 is 4.57 Å². The first-order valence-electron chi connectivity index (χ1n) is 8.47. The van der Waals surface area contributed by atoms with Gasteiger partial charge in [-0.05, 0) is 48.7 Å². The average Bonchev–Trinajstić information content (AvgIpc) is 2.75. The van der Waals surface area contributed by atoms with Gasteiger partial charge >= 0.3 is 0 Å². The van der Waals surface area contributed by atoms with Crippen molar-refractivity contribution in [3.8, 4) is 22.4 Å². The Hall–Kier alpha value is -2.48. The molecule has 0 atom stereocenters. The Morgan fingerprint density at radius 1 is 0.958 bits per heavy atom. The van der Waals surface area contributed by atoms with E-state index >= 15 is 0 Å². The molecular weight excluding hydrogens is 292 g/mol. The molecule has 2 aromatic heterocycles. The maximum absolute atomic E-state index is 4.68. The van der Waals surface area contributed by atoms with Gasteiger partial charge in [-0.1, -0.05) is 26.0 Å². The van der Waals surface area contributed by atoms with Crippen molar-refractivity contribution in [3.05, 3.63) is 71.2 Å². The van der Waals surface area contributed by atoms with E-state index in [-0.39, 0.29) is 5.41 Å². The van der Waals surface area contributed by atoms with E-state index in [1.165, 1.54) is 44.8 Å². The number of aromatic nitrogens is 2. The summed E-state index contributed by atoms with van der Waals surface area (Å²) in [5.74, 6) is 0. The number of pyridine rings is 2. The minimum absolute atomic E-state index is 0.0579. The van der Waals surface area contributed by atoms with Crippen LogP contribution in [0.15, 0.2) is 48.8 Å². The van der Waals surface area contributed by atoms with Gasteiger partial charge in [-0.15, -0.1) is 0 Å². The predicted octanol–water partition coefficient (Wildman–Crippen LogP) is 4.50. The van der Waals surface area contributed by atoms with Crippen LogP contribution in [0.25, 0.3) is 22.4 Å². The lowest BCUT2D eigenvalue weighted by molar-refractivity contribution is -0.660. The molecule has 1 aliphatic rings. The van der Waals surface area contributed by atoms with E-state index in [0.717, 1.165) is 0 Å². The highest BCUT2D eigenvalue weighted by molar-refractivity contribution is 5.83. The maximum Gasteiger partial charge on any atom is 0.212 e. The molecule has 0 spiro atoms. The van der Waals surface area contributed by atoms with Crippen LogP contribution in [0.4, 0.5) is 0 Å². The third kappa shape index (κ3) is 2.02. The summed E-state index contributed by atoms with van der Waals surface area (Å²) in [6, 6.07) is 13.3. The summed E-state index contributed by atoms with van der Waals surface area (Å²) in [4.78, 5) is 4.68. The van der Waals surface area contributed by atoms with Crippen LogP contribution in [-0.4, -0.2) is 4.98 Å². The lowest BCUT2D eigenvalue weighted by atomic mass is 9.83. The molecule has 0 amide bonds. The highest BCUT2D eigenvalue weighted by atomic mass is 14.9. The monoisotopic (exact) mass is 315 g/mol. The number of nitrogens with zero attached hydrogens (tertiary/aromatic N) is 2. The van der Waals surface area contributed by atoms with Crippen LogP contribution in [0, 0.1) is 13.8 Å². The highest BCUT2D eigenvalue weighted by Crippen LogP contribution is 2.49. The number of hydrogen-bond donors (Lipinski definition) is 0. The lowest BCUT2D eigenvalue weighted by Crippen LogP contribution is -2.31. The minimum atomic E-state index is -0.0579. The number of hydrogen-bond acceptors (Lipinski definition) is 1. The molecule has 1 aromatic carbocycles. The fourth-order valence-corrected chi connectivity index (χ4v) is 4.00. The molecule has 0 saturated heterocycles. The second kappa shape index (κ2) is 5.01. The van der Waals surface area contributed by atoms with Gasteiger partial charge in [0.05, 0.1) is 5.69 Å². The fourth-order valence-electron chi connectivity index (χ4n) is 4.00. The molecule has 2 heteroatoms. The van der Waals surface area contributed by atoms with Gasteiger partial charge in [0, 0.05) is 34.4 Å². The first-order chi connectivity index (χ1) is 11.4. The molecule has 0 saturated carbocycles. The lowest BCUT2D eigenvalue weighted by Gasteiger charge is -2.21. The normalized spacial score (nSPS) is 14.4. The Kier molecular flexibility index (Phi) is 3.14. The summed E-state index contributed by atoms with van der Waals surface area (Å²) in [6.07, 6.45) is 4.09. The van der Waals surface area contributed by atoms with E-state index < -0.39 is 0 Å². The molecule has 0 unspecified atom stereocenters. The number of benzene rings is 1. The Bertz CT molecular complexity index is 968. The zero-order valence-electron chi connectivity index (χ0n) is 15.0. The summed E-state index contributed by atoms with van der Waals surface area (Å²) in [5, 5.41) is 0. The van der Waals surface area contributed by atoms with Gasteiger partial charge in [0.15, 0.2) is 6.20 Å². The van der Waals surface area contributed by atoms with Gasteiger partial charge in [0.25, 0.3) is 0 Å². The Labute approximate surface area is 143 Å². The van der Waals surface area contributed by atoms with E-state index in [1.54, 1.807) is 0 Å². The molecule has 0 fully saturated rings. The second-order valence-corrected chi connectivity index (χ2v) is 7.44. The van der Waals surface area contributed by atoms with Crippen LogP contribution in [0.5, 0.6) is 0 Å². The summed E-state index contributed by atoms with van der Waals surface area (Å²) in [6.45, 7) is 8.89. The van der Waals surface area contributed by atoms with E-state index in [0.29, 0.717) is 0 Å². The van der Waals surface area contributed by atoms with Crippen LogP contribution < -0.4 is 4.57 Å². The summed E-state index contributed by atoms with van der Waals surface area (Å²) in [7, 11) is 2.12. The largest absolute Gasteiger partial charge is 0.260 e. The molecule has 24 heavy (non-hydrogen) atoms. The zero-order chi connectivity index (χ0) is 17.1. The van der Waals surface area contributed by atoms with E-state index in [9.17, 15) is 0 Å². The summed E-state index contributed by atoms with van der Waals surface area (Å²) in [5.41, 5.74) is 10.2. The molecule has 3 aromatic rings. The van der Waals surface area contributed by atoms with E-state index in [1.807, 2.05) is 12.3 Å². The van der Waals surface area contributed by atoms with Crippen molar-refractivity contribution >= 4 is 0 Å². The Morgan fingerprint density at radius 2 is 1.75 bits per heavy atom. The summed E-state index contributed by atoms with van der Waals surface area (Å²) < 4.78 is 2.22. The molecule has 4 rings (SSSR count). The molecule has 0 aliphatic heterocycles. The van der Waals surface area contributed by atoms with Crippen molar-refractivity contribution in [2.45, 2.75) is 33.1 Å². The highest BCUT2D eigenvalue weighted by Gasteiger charge is 2.37. The molecule has 2 nitrogen and oxygen atoms in total. The van der Waals surface area contributed by atoms with Gasteiger partial charge < -0.3 is 0 Å². The molecular formula is C22H23N2+. The molecule has 0 N–H and O–H groups in total. The third-order valence-corrected chi connectivity index (χ3v) is 5.29. The van der Waals surface area contributed by atoms with Crippen molar-refractivity contribution in [1.29, 1.82) is 0 Å². The predicted molar refractivity (Wildman–Crippen MR) is 97.9 cm³/mol. The van der Waals surface area contributed by atoms with E-state index in [4.69, 9.17) is 0 Å². The van der Waals surface area contributed by atoms with Gasteiger partial charge in [0.2, 0.25) is 5.69 Å². The Balaban J connectivity index is 1.98. The molecule has 0 radical (unpaired) electrons. The molecule has 0 bridgehead atoms. The Morgan fingerprint density at radius 3 is 2.50 bits per heavy atom. The number of fused-ring (bicyclic) bond motifs is 3. The van der Waals surface area contributed by atoms with Crippen LogP contribution in [0.1, 0.15) is 36.2 Å². The SMILES string of the molecule is Cc1ccc(-c2cc3c(cc2C)-c2cccnc2C3(C)C)[n+](C)c1. The summed E-state index contributed by atoms with van der Waals surface area (Å²) >= 11 is 0. The van der Waals surface area contributed by atoms with Gasteiger partial charge in [-0.3, -0.25) is 4.98 Å². The van der Waals surface area contributed by atoms with Gasteiger partial charge in [0.1, 0.15) is 7.05 Å². The van der Waals surface area contributed by atoms with Crippen LogP contribution >= 0.6 is 0 Å². The van der Waals surface area contributed by atoms with Crippen molar-refractivity contribution in [1.82, 2.24) is 4.98 Å². The first-order valence-corrected chi connectivity index (χ1v) is 8.47. The zero-order valence-corrected chi connectivity index (χ0v) is 15.0. The second-order valence-electron chi connectivity index (χ2n) is 7.44. The average molecular weight is 315 g/mol. The van der Waals surface area contributed by atoms with Crippen molar-refractivity contribution in [2.75, 3.05) is 0 Å². The van der Waals surface area contributed by atoms with Crippen molar-refractivity contribution in [3.63, 3.8) is 0 Å².